The normalized spacial score (nSPS) is 10.6. The smallest absolute Gasteiger partial charge is 0.196 e. The third-order valence-corrected chi connectivity index (χ3v) is 3.83. The first kappa shape index (κ1) is 17.7. The second-order valence-corrected chi connectivity index (χ2v) is 5.64. The first-order valence-electron chi connectivity index (χ1n) is 7.87. The van der Waals surface area contributed by atoms with Crippen LogP contribution in [0, 0.1) is 17.5 Å². The van der Waals surface area contributed by atoms with Gasteiger partial charge in [-0.25, -0.2) is 23.1 Å². The van der Waals surface area contributed by atoms with Crippen LogP contribution in [0.25, 0.3) is 0 Å². The zero-order valence-corrected chi connectivity index (χ0v) is 14.0. The lowest BCUT2D eigenvalue weighted by atomic mass is 10.2. The Kier molecular flexibility index (Phi) is 5.31. The molecule has 5 nitrogen and oxygen atoms in total. The molecule has 3 rings (SSSR count). The second kappa shape index (κ2) is 7.81. The number of pyridine rings is 1. The molecule has 0 spiro atoms. The molecular formula is C18H16F3N5. The largest absolute Gasteiger partial charge is 0.359 e. The highest BCUT2D eigenvalue weighted by Gasteiger charge is 2.14. The van der Waals surface area contributed by atoms with E-state index in [0.717, 1.165) is 24.1 Å². The number of aromatic nitrogens is 3. The minimum Gasteiger partial charge on any atom is -0.359 e. The molecule has 0 aliphatic heterocycles. The summed E-state index contributed by atoms with van der Waals surface area (Å²) in [5.74, 6) is -3.18. The van der Waals surface area contributed by atoms with Crippen molar-refractivity contribution in [3.8, 4) is 0 Å². The van der Waals surface area contributed by atoms with Gasteiger partial charge in [-0.3, -0.25) is 4.98 Å². The first-order chi connectivity index (χ1) is 12.5. The van der Waals surface area contributed by atoms with Crippen molar-refractivity contribution < 1.29 is 13.2 Å². The van der Waals surface area contributed by atoms with E-state index in [1.54, 1.807) is 18.5 Å². The Morgan fingerprint density at radius 1 is 1.00 bits per heavy atom. The van der Waals surface area contributed by atoms with Gasteiger partial charge < -0.3 is 10.2 Å². The second-order valence-electron chi connectivity index (χ2n) is 5.64. The minimum absolute atomic E-state index is 0.201. The van der Waals surface area contributed by atoms with E-state index in [9.17, 15) is 13.2 Å². The van der Waals surface area contributed by atoms with Crippen molar-refractivity contribution in [2.45, 2.75) is 6.42 Å². The van der Waals surface area contributed by atoms with Crippen LogP contribution >= 0.6 is 0 Å². The monoisotopic (exact) mass is 359 g/mol. The minimum atomic E-state index is -1.53. The van der Waals surface area contributed by atoms with E-state index in [1.165, 1.54) is 6.33 Å². The molecule has 0 saturated carbocycles. The van der Waals surface area contributed by atoms with Crippen molar-refractivity contribution in [2.24, 2.45) is 0 Å². The van der Waals surface area contributed by atoms with Gasteiger partial charge in [0.05, 0.1) is 5.69 Å². The maximum Gasteiger partial charge on any atom is 0.196 e. The molecule has 134 valence electrons. The van der Waals surface area contributed by atoms with Gasteiger partial charge >= 0.3 is 0 Å². The Morgan fingerprint density at radius 2 is 1.77 bits per heavy atom. The van der Waals surface area contributed by atoms with Gasteiger partial charge in [-0.15, -0.1) is 0 Å². The van der Waals surface area contributed by atoms with Crippen LogP contribution in [0.3, 0.4) is 0 Å². The van der Waals surface area contributed by atoms with Gasteiger partial charge in [0.2, 0.25) is 0 Å². The average molecular weight is 359 g/mol. The van der Waals surface area contributed by atoms with Crippen LogP contribution in [0.1, 0.15) is 5.56 Å². The zero-order chi connectivity index (χ0) is 18.5. The summed E-state index contributed by atoms with van der Waals surface area (Å²) in [5, 5.41) is 2.64. The molecule has 0 aliphatic carbocycles. The van der Waals surface area contributed by atoms with Crippen molar-refractivity contribution in [2.75, 3.05) is 23.8 Å². The molecule has 0 bridgehead atoms. The maximum absolute atomic E-state index is 13.8. The number of nitrogens with one attached hydrogen (secondary N) is 1. The van der Waals surface area contributed by atoms with E-state index in [4.69, 9.17) is 0 Å². The fraction of sp³-hybridized carbons (Fsp3) is 0.167. The molecule has 0 amide bonds. The number of hydrogen-bond acceptors (Lipinski definition) is 5. The van der Waals surface area contributed by atoms with Gasteiger partial charge in [-0.05, 0) is 36.2 Å². The van der Waals surface area contributed by atoms with Crippen LogP contribution < -0.4 is 10.2 Å². The number of halogens is 3. The Morgan fingerprint density at radius 3 is 2.54 bits per heavy atom. The Bertz CT molecular complexity index is 889. The number of benzene rings is 1. The van der Waals surface area contributed by atoms with Crippen molar-refractivity contribution in [3.63, 3.8) is 0 Å². The molecule has 26 heavy (non-hydrogen) atoms. The molecule has 2 aromatic heterocycles. The van der Waals surface area contributed by atoms with Gasteiger partial charge in [0, 0.05) is 32.1 Å². The summed E-state index contributed by atoms with van der Waals surface area (Å²) in [5.41, 5.74) is 0.941. The lowest BCUT2D eigenvalue weighted by Gasteiger charge is -2.18. The van der Waals surface area contributed by atoms with Crippen molar-refractivity contribution >= 4 is 17.3 Å². The third kappa shape index (κ3) is 4.08. The predicted octanol–water partition coefficient (Wildman–Crippen LogP) is 3.71. The molecule has 3 aromatic rings. The Balaban J connectivity index is 1.71. The topological polar surface area (TPSA) is 53.9 Å². The molecule has 0 unspecified atom stereocenters. The summed E-state index contributed by atoms with van der Waals surface area (Å²) >= 11 is 0. The lowest BCUT2D eigenvalue weighted by Crippen LogP contribution is -2.21. The van der Waals surface area contributed by atoms with Crippen molar-refractivity contribution in [1.29, 1.82) is 0 Å². The molecule has 0 aliphatic rings. The van der Waals surface area contributed by atoms with Gasteiger partial charge in [0.25, 0.3) is 0 Å². The fourth-order valence-corrected chi connectivity index (χ4v) is 2.35. The van der Waals surface area contributed by atoms with Crippen molar-refractivity contribution in [3.05, 3.63) is 72.1 Å². The van der Waals surface area contributed by atoms with Crippen LogP contribution in [0.5, 0.6) is 0 Å². The molecule has 0 fully saturated rings. The van der Waals surface area contributed by atoms with Crippen LogP contribution in [0.2, 0.25) is 0 Å². The fourth-order valence-electron chi connectivity index (χ4n) is 2.35. The Hall–Kier alpha value is -3.16. The highest BCUT2D eigenvalue weighted by Crippen LogP contribution is 2.23. The van der Waals surface area contributed by atoms with E-state index < -0.39 is 17.5 Å². The number of anilines is 3. The van der Waals surface area contributed by atoms with E-state index in [1.807, 2.05) is 24.1 Å². The van der Waals surface area contributed by atoms with Gasteiger partial charge in [0.15, 0.2) is 17.5 Å². The number of likely N-dealkylation sites (N-methyl/N-ethyl adjacent to an activating group) is 1. The molecule has 8 heteroatoms. The van der Waals surface area contributed by atoms with Crippen LogP contribution in [-0.4, -0.2) is 28.5 Å². The summed E-state index contributed by atoms with van der Waals surface area (Å²) in [4.78, 5) is 14.1. The summed E-state index contributed by atoms with van der Waals surface area (Å²) in [7, 11) is 1.87. The van der Waals surface area contributed by atoms with E-state index in [-0.39, 0.29) is 11.5 Å². The molecule has 0 radical (unpaired) electrons. The standard InChI is InChI=1S/C18H16F3N5/c1-26(9-6-12-4-7-22-8-5-12)16-10-15(23-11-24-16)25-14-3-2-13(19)17(20)18(14)21/h2-5,7-8,10-11H,6,9H2,1H3,(H,23,24,25). The lowest BCUT2D eigenvalue weighted by molar-refractivity contribution is 0.449. The first-order valence-corrected chi connectivity index (χ1v) is 7.87. The molecule has 2 heterocycles. The number of nitrogens with zero attached hydrogens (tertiary/aromatic N) is 4. The average Bonchev–Trinajstić information content (AvgIpc) is 2.67. The van der Waals surface area contributed by atoms with Crippen LogP contribution in [-0.2, 0) is 6.42 Å². The molecule has 0 saturated heterocycles. The third-order valence-electron chi connectivity index (χ3n) is 3.83. The summed E-state index contributed by atoms with van der Waals surface area (Å²) < 4.78 is 40.1. The van der Waals surface area contributed by atoms with E-state index in [2.05, 4.69) is 20.3 Å². The zero-order valence-electron chi connectivity index (χ0n) is 14.0. The summed E-state index contributed by atoms with van der Waals surface area (Å²) in [6.45, 7) is 0.694. The quantitative estimate of drug-likeness (QED) is 0.680. The summed E-state index contributed by atoms with van der Waals surface area (Å²) in [6, 6.07) is 7.44. The number of hydrogen-bond donors (Lipinski definition) is 1. The maximum atomic E-state index is 13.8. The predicted molar refractivity (Wildman–Crippen MR) is 92.8 cm³/mol. The molecular weight excluding hydrogens is 343 g/mol. The molecule has 0 atom stereocenters. The number of rotatable bonds is 6. The highest BCUT2D eigenvalue weighted by molar-refractivity contribution is 5.59. The van der Waals surface area contributed by atoms with Crippen LogP contribution in [0.15, 0.2) is 49.1 Å². The van der Waals surface area contributed by atoms with E-state index in [0.29, 0.717) is 12.4 Å². The Labute approximate surface area is 148 Å². The molecule has 1 N–H and O–H groups in total. The summed E-state index contributed by atoms with van der Waals surface area (Å²) in [6.07, 6.45) is 5.58. The van der Waals surface area contributed by atoms with E-state index >= 15 is 0 Å². The van der Waals surface area contributed by atoms with Crippen molar-refractivity contribution in [1.82, 2.24) is 15.0 Å². The van der Waals surface area contributed by atoms with Gasteiger partial charge in [-0.2, -0.15) is 0 Å². The SMILES string of the molecule is CN(CCc1ccncc1)c1cc(Nc2ccc(F)c(F)c2F)ncn1. The van der Waals surface area contributed by atoms with Crippen LogP contribution in [0.4, 0.5) is 30.5 Å². The highest BCUT2D eigenvalue weighted by atomic mass is 19.2. The van der Waals surface area contributed by atoms with Gasteiger partial charge in [0.1, 0.15) is 18.0 Å². The molecule has 1 aromatic carbocycles. The van der Waals surface area contributed by atoms with Gasteiger partial charge in [-0.1, -0.05) is 0 Å².